The van der Waals surface area contributed by atoms with Crippen molar-refractivity contribution in [3.63, 3.8) is 0 Å². The van der Waals surface area contributed by atoms with Gasteiger partial charge in [-0.25, -0.2) is 0 Å². The Balaban J connectivity index is 2.28. The van der Waals surface area contributed by atoms with Crippen molar-refractivity contribution in [2.45, 2.75) is 18.9 Å². The molecule has 8 heavy (non-hydrogen) atoms. The zero-order chi connectivity index (χ0) is 5.82. The Morgan fingerprint density at radius 2 is 2.62 bits per heavy atom. The molecule has 1 aliphatic rings. The van der Waals surface area contributed by atoms with Crippen LogP contribution in [0.15, 0.2) is 10.2 Å². The van der Waals surface area contributed by atoms with Crippen LogP contribution in [0.5, 0.6) is 0 Å². The standard InChI is InChI=1S/C5H7N3/c6-3-1-5-2-4-7-8-5/h5H,1-2,4H2. The zero-order valence-corrected chi connectivity index (χ0v) is 4.54. The highest BCUT2D eigenvalue weighted by Crippen LogP contribution is 2.09. The summed E-state index contributed by atoms with van der Waals surface area (Å²) < 4.78 is 0. The van der Waals surface area contributed by atoms with Gasteiger partial charge in [0.1, 0.15) is 0 Å². The van der Waals surface area contributed by atoms with Crippen LogP contribution in [-0.4, -0.2) is 12.6 Å². The first kappa shape index (κ1) is 5.23. The Hall–Kier alpha value is -0.910. The lowest BCUT2D eigenvalue weighted by Crippen LogP contribution is -1.96. The fourth-order valence-electron chi connectivity index (χ4n) is 0.686. The molecule has 1 atom stereocenters. The van der Waals surface area contributed by atoms with Crippen molar-refractivity contribution in [1.29, 1.82) is 5.26 Å². The second-order valence-electron chi connectivity index (χ2n) is 1.79. The molecule has 0 spiro atoms. The smallest absolute Gasteiger partial charge is 0.0856 e. The first-order valence-electron chi connectivity index (χ1n) is 2.67. The van der Waals surface area contributed by atoms with Gasteiger partial charge >= 0.3 is 0 Å². The average molecular weight is 109 g/mol. The van der Waals surface area contributed by atoms with E-state index in [-0.39, 0.29) is 6.04 Å². The van der Waals surface area contributed by atoms with Gasteiger partial charge in [0.25, 0.3) is 0 Å². The van der Waals surface area contributed by atoms with Crippen LogP contribution in [-0.2, 0) is 0 Å². The molecule has 42 valence electrons. The first-order valence-corrected chi connectivity index (χ1v) is 2.67. The summed E-state index contributed by atoms with van der Waals surface area (Å²) in [5.74, 6) is 0. The van der Waals surface area contributed by atoms with Crippen LogP contribution in [0.2, 0.25) is 0 Å². The number of hydrogen-bond donors (Lipinski definition) is 0. The summed E-state index contributed by atoms with van der Waals surface area (Å²) in [5, 5.41) is 15.8. The number of nitrogens with zero attached hydrogens (tertiary/aromatic N) is 3. The highest BCUT2D eigenvalue weighted by Gasteiger charge is 2.09. The van der Waals surface area contributed by atoms with Gasteiger partial charge < -0.3 is 0 Å². The van der Waals surface area contributed by atoms with Gasteiger partial charge in [-0.15, -0.1) is 0 Å². The molecule has 0 aliphatic carbocycles. The van der Waals surface area contributed by atoms with Gasteiger partial charge in [0.05, 0.1) is 25.1 Å². The van der Waals surface area contributed by atoms with Crippen LogP contribution < -0.4 is 0 Å². The van der Waals surface area contributed by atoms with Gasteiger partial charge in [0, 0.05) is 0 Å². The topological polar surface area (TPSA) is 48.5 Å². The fraction of sp³-hybridized carbons (Fsp3) is 0.800. The Labute approximate surface area is 48.0 Å². The predicted octanol–water partition coefficient (Wildman–Crippen LogP) is 1.12. The van der Waals surface area contributed by atoms with Crippen LogP contribution >= 0.6 is 0 Å². The summed E-state index contributed by atoms with van der Waals surface area (Å²) in [6.07, 6.45) is 1.50. The monoisotopic (exact) mass is 109 g/mol. The third-order valence-electron chi connectivity index (χ3n) is 1.13. The Morgan fingerprint density at radius 1 is 1.75 bits per heavy atom. The minimum absolute atomic E-state index is 0.208. The zero-order valence-electron chi connectivity index (χ0n) is 4.54. The van der Waals surface area contributed by atoms with E-state index in [1.54, 1.807) is 0 Å². The van der Waals surface area contributed by atoms with Crippen molar-refractivity contribution < 1.29 is 0 Å². The minimum Gasteiger partial charge on any atom is -0.198 e. The van der Waals surface area contributed by atoms with Crippen LogP contribution in [0.4, 0.5) is 0 Å². The molecule has 3 heteroatoms. The van der Waals surface area contributed by atoms with Crippen molar-refractivity contribution in [1.82, 2.24) is 0 Å². The second-order valence-corrected chi connectivity index (χ2v) is 1.79. The SMILES string of the molecule is N#CCC1CCN=N1. The maximum absolute atomic E-state index is 8.18. The molecular weight excluding hydrogens is 102 g/mol. The van der Waals surface area contributed by atoms with Crippen molar-refractivity contribution in [3.05, 3.63) is 0 Å². The third-order valence-corrected chi connectivity index (χ3v) is 1.13. The van der Waals surface area contributed by atoms with Crippen molar-refractivity contribution in [2.24, 2.45) is 10.2 Å². The highest BCUT2D eigenvalue weighted by molar-refractivity contribution is 4.82. The molecule has 0 fully saturated rings. The molecule has 0 aromatic carbocycles. The molecular formula is C5H7N3. The molecule has 1 aliphatic heterocycles. The van der Waals surface area contributed by atoms with Gasteiger partial charge in [-0.1, -0.05) is 0 Å². The lowest BCUT2D eigenvalue weighted by Gasteiger charge is -1.91. The summed E-state index contributed by atoms with van der Waals surface area (Å²) in [6, 6.07) is 2.26. The summed E-state index contributed by atoms with van der Waals surface area (Å²) in [4.78, 5) is 0. The first-order chi connectivity index (χ1) is 3.93. The summed E-state index contributed by atoms with van der Waals surface area (Å²) in [6.45, 7) is 0.812. The maximum Gasteiger partial charge on any atom is 0.0856 e. The predicted molar refractivity (Wildman–Crippen MR) is 28.4 cm³/mol. The molecule has 0 aromatic heterocycles. The van der Waals surface area contributed by atoms with Crippen molar-refractivity contribution in [2.75, 3.05) is 6.54 Å². The van der Waals surface area contributed by atoms with E-state index in [9.17, 15) is 0 Å². The highest BCUT2D eigenvalue weighted by atomic mass is 15.1. The lowest BCUT2D eigenvalue weighted by molar-refractivity contribution is 0.702. The molecule has 0 amide bonds. The Kier molecular flexibility index (Phi) is 1.58. The molecule has 1 unspecified atom stereocenters. The number of hydrogen-bond acceptors (Lipinski definition) is 3. The van der Waals surface area contributed by atoms with E-state index in [0.29, 0.717) is 6.42 Å². The van der Waals surface area contributed by atoms with Crippen molar-refractivity contribution in [3.8, 4) is 6.07 Å². The Bertz CT molecular complexity index is 133. The third kappa shape index (κ3) is 1.03. The maximum atomic E-state index is 8.18. The van der Waals surface area contributed by atoms with Crippen LogP contribution in [0.1, 0.15) is 12.8 Å². The van der Waals surface area contributed by atoms with E-state index in [1.807, 2.05) is 0 Å². The molecule has 1 rings (SSSR count). The van der Waals surface area contributed by atoms with E-state index >= 15 is 0 Å². The molecule has 0 radical (unpaired) electrons. The molecule has 0 saturated heterocycles. The number of nitriles is 1. The summed E-state index contributed by atoms with van der Waals surface area (Å²) in [7, 11) is 0. The van der Waals surface area contributed by atoms with E-state index < -0.39 is 0 Å². The molecule has 0 aromatic rings. The fourth-order valence-corrected chi connectivity index (χ4v) is 0.686. The summed E-state index contributed by atoms with van der Waals surface area (Å²) in [5.41, 5.74) is 0. The molecule has 3 nitrogen and oxygen atoms in total. The Morgan fingerprint density at radius 3 is 3.12 bits per heavy atom. The van der Waals surface area contributed by atoms with Crippen LogP contribution in [0.25, 0.3) is 0 Å². The van der Waals surface area contributed by atoms with Crippen LogP contribution in [0.3, 0.4) is 0 Å². The second kappa shape index (κ2) is 2.41. The van der Waals surface area contributed by atoms with Gasteiger partial charge in [-0.2, -0.15) is 15.5 Å². The molecule has 1 heterocycles. The van der Waals surface area contributed by atoms with E-state index in [1.165, 1.54) is 0 Å². The van der Waals surface area contributed by atoms with Gasteiger partial charge in [-0.3, -0.25) is 0 Å². The molecule has 0 bridgehead atoms. The van der Waals surface area contributed by atoms with Gasteiger partial charge in [0.15, 0.2) is 0 Å². The molecule has 0 saturated carbocycles. The largest absolute Gasteiger partial charge is 0.198 e. The minimum atomic E-state index is 0.208. The van der Waals surface area contributed by atoms with Gasteiger partial charge in [-0.05, 0) is 6.42 Å². The normalized spacial score (nSPS) is 25.6. The lowest BCUT2D eigenvalue weighted by atomic mass is 10.2. The van der Waals surface area contributed by atoms with Gasteiger partial charge in [0.2, 0.25) is 0 Å². The van der Waals surface area contributed by atoms with E-state index in [0.717, 1.165) is 13.0 Å². The number of azo groups is 1. The van der Waals surface area contributed by atoms with Crippen molar-refractivity contribution >= 4 is 0 Å². The average Bonchev–Trinajstić information content (AvgIpc) is 2.19. The van der Waals surface area contributed by atoms with E-state index in [4.69, 9.17) is 5.26 Å². The summed E-state index contributed by atoms with van der Waals surface area (Å²) >= 11 is 0. The van der Waals surface area contributed by atoms with E-state index in [2.05, 4.69) is 16.3 Å². The van der Waals surface area contributed by atoms with Crippen LogP contribution in [0, 0.1) is 11.3 Å². The quantitative estimate of drug-likeness (QED) is 0.497. The number of rotatable bonds is 1. The molecule has 0 N–H and O–H groups in total.